The minimum Gasteiger partial charge on any atom is -0.508 e. The molecule has 3 rings (SSSR count). The Morgan fingerprint density at radius 2 is 0.786 bits per heavy atom. The van der Waals surface area contributed by atoms with Gasteiger partial charge in [0, 0.05) is 39.1 Å². The number of guanidine groups is 4. The molecule has 12 amide bonds. The second kappa shape index (κ2) is 54.2. The van der Waals surface area contributed by atoms with Crippen molar-refractivity contribution in [3.8, 4) is 5.75 Å². The number of nitrogens with two attached hydrogens (primary N) is 11. The summed E-state index contributed by atoms with van der Waals surface area (Å²) in [6, 6.07) is -0.240. The second-order valence-electron chi connectivity index (χ2n) is 29.4. The molecule has 35 N–H and O–H groups in total. The molecule has 0 unspecified atom stereocenters. The van der Waals surface area contributed by atoms with E-state index in [-0.39, 0.29) is 177 Å². The highest BCUT2D eigenvalue weighted by atomic mass is 16.4. The van der Waals surface area contributed by atoms with Gasteiger partial charge in [-0.25, -0.2) is 4.79 Å². The number of benzene rings is 2. The van der Waals surface area contributed by atoms with Crippen LogP contribution in [-0.2, 0) is 75.2 Å². The summed E-state index contributed by atoms with van der Waals surface area (Å²) < 4.78 is 0. The molecule has 0 spiro atoms. The fraction of sp³-hybridized carbons (Fsp3) is 0.613. The Kier molecular flexibility index (Phi) is 46.1. The fourth-order valence-electron chi connectivity index (χ4n) is 12.5. The Balaban J connectivity index is 2.02. The Morgan fingerprint density at radius 1 is 0.419 bits per heavy atom. The SMILES string of the molecule is CC(C)C[C@H](NC(=O)[C@H](CCCCN)NC(=O)[C@@H]1CCCN1C(=O)[C@H](CCCN=C(N)N)NC(=O)[C@@H](CCCN=C(N)N)NC(=O)[C@H](CCCN=C(N)N)NC(=O)[C@H](CCCN=C(N)N)NC(=O)[C@H](CC(C)C)NC(=O)[C@H](Cc1ccccc1)NC(=O)CNC(=O)CNC(=O)[C@@H](N)Cc1ccc(O)cc1)C(=O)N[C@@H](CCCCN)C(=O)O. The summed E-state index contributed by atoms with van der Waals surface area (Å²) in [6.45, 7) is 6.31. The van der Waals surface area contributed by atoms with E-state index in [0.29, 0.717) is 49.8 Å². The van der Waals surface area contributed by atoms with Crippen molar-refractivity contribution in [3.63, 3.8) is 0 Å². The lowest BCUT2D eigenvalue weighted by Crippen LogP contribution is -2.60. The number of aliphatic carboxylic acids is 1. The van der Waals surface area contributed by atoms with E-state index >= 15 is 14.4 Å². The van der Waals surface area contributed by atoms with E-state index in [2.05, 4.69) is 78.5 Å². The van der Waals surface area contributed by atoms with Crippen LogP contribution in [0.2, 0.25) is 0 Å². The Bertz CT molecular complexity index is 3650. The molecule has 117 heavy (non-hydrogen) atoms. The number of nitrogens with zero attached hydrogens (tertiary/aromatic N) is 5. The maximum atomic E-state index is 15.1. The molecule has 1 aliphatic heterocycles. The number of phenolic OH excluding ortho intramolecular Hbond substituents is 1. The van der Waals surface area contributed by atoms with Crippen LogP contribution in [0.4, 0.5) is 0 Å². The van der Waals surface area contributed by atoms with Gasteiger partial charge in [-0.3, -0.25) is 77.5 Å². The first kappa shape index (κ1) is 99.5. The maximum absolute atomic E-state index is 15.1. The first-order valence-electron chi connectivity index (χ1n) is 39.5. The number of likely N-dealkylation sites (tertiary alicyclic amines) is 1. The maximum Gasteiger partial charge on any atom is 0.326 e. The van der Waals surface area contributed by atoms with Crippen molar-refractivity contribution < 1.29 is 72.5 Å². The monoisotopic (exact) mass is 1650 g/mol. The fourth-order valence-corrected chi connectivity index (χ4v) is 12.5. The third-order valence-electron chi connectivity index (χ3n) is 18.5. The molecule has 42 nitrogen and oxygen atoms in total. The number of carboxylic acid groups (broad SMARTS) is 1. The van der Waals surface area contributed by atoms with Gasteiger partial charge in [0.25, 0.3) is 0 Å². The smallest absolute Gasteiger partial charge is 0.326 e. The van der Waals surface area contributed by atoms with Gasteiger partial charge in [-0.2, -0.15) is 0 Å². The summed E-state index contributed by atoms with van der Waals surface area (Å²) in [5.41, 5.74) is 64.0. The Hall–Kier alpha value is -11.7. The van der Waals surface area contributed by atoms with E-state index in [0.717, 1.165) is 0 Å². The molecule has 1 saturated heterocycles. The molecule has 42 heteroatoms. The highest BCUT2D eigenvalue weighted by molar-refractivity contribution is 6.00. The Morgan fingerprint density at radius 3 is 1.21 bits per heavy atom. The van der Waals surface area contributed by atoms with Gasteiger partial charge in [0.2, 0.25) is 70.9 Å². The van der Waals surface area contributed by atoms with E-state index in [9.17, 15) is 58.2 Å². The van der Waals surface area contributed by atoms with Crippen molar-refractivity contribution >= 4 is 101 Å². The number of carbonyl (C=O) groups is 13. The summed E-state index contributed by atoms with van der Waals surface area (Å²) in [5.74, 6) is -12.6. The van der Waals surface area contributed by atoms with Crippen molar-refractivity contribution in [2.24, 2.45) is 94.9 Å². The van der Waals surface area contributed by atoms with Crippen molar-refractivity contribution in [2.45, 2.75) is 223 Å². The molecule has 2 aromatic carbocycles. The van der Waals surface area contributed by atoms with Crippen LogP contribution in [0, 0.1) is 11.8 Å². The van der Waals surface area contributed by atoms with Crippen molar-refractivity contribution in [1.29, 1.82) is 0 Å². The zero-order chi connectivity index (χ0) is 87.1. The minimum atomic E-state index is -1.55. The normalized spacial score (nSPS) is 14.9. The van der Waals surface area contributed by atoms with Gasteiger partial charge in [0.05, 0.1) is 19.1 Å². The lowest BCUT2D eigenvalue weighted by molar-refractivity contribution is -0.143. The lowest BCUT2D eigenvalue weighted by Gasteiger charge is -2.31. The van der Waals surface area contributed by atoms with Crippen LogP contribution in [0.5, 0.6) is 5.75 Å². The zero-order valence-electron chi connectivity index (χ0n) is 67.5. The molecule has 1 aliphatic rings. The largest absolute Gasteiger partial charge is 0.508 e. The molecular formula is C75H127N27O15. The van der Waals surface area contributed by atoms with Crippen LogP contribution in [0.1, 0.15) is 154 Å². The number of rotatable bonds is 56. The zero-order valence-corrected chi connectivity index (χ0v) is 67.5. The predicted octanol–water partition coefficient (Wildman–Crippen LogP) is -6.26. The van der Waals surface area contributed by atoms with E-state index in [1.165, 1.54) is 17.0 Å². The van der Waals surface area contributed by atoms with E-state index in [4.69, 9.17) is 63.1 Å². The molecule has 0 bridgehead atoms. The topological polar surface area (TPSA) is 734 Å². The van der Waals surface area contributed by atoms with E-state index in [1.54, 1.807) is 70.2 Å². The average Bonchev–Trinajstić information content (AvgIpc) is 1.73. The number of phenols is 1. The van der Waals surface area contributed by atoms with Crippen LogP contribution >= 0.6 is 0 Å². The number of hydrogen-bond donors (Lipinski definition) is 24. The highest BCUT2D eigenvalue weighted by Gasteiger charge is 2.41. The number of hydrogen-bond acceptors (Lipinski definition) is 21. The van der Waals surface area contributed by atoms with E-state index < -0.39 is 156 Å². The quantitative estimate of drug-likeness (QED) is 0.0166. The molecule has 0 saturated carbocycles. The highest BCUT2D eigenvalue weighted by Crippen LogP contribution is 2.22. The number of aliphatic imine (C=N–C) groups is 4. The van der Waals surface area contributed by atoms with Crippen molar-refractivity contribution in [2.75, 3.05) is 58.9 Å². The van der Waals surface area contributed by atoms with Gasteiger partial charge in [0.15, 0.2) is 23.8 Å². The summed E-state index contributed by atoms with van der Waals surface area (Å²) in [4.78, 5) is 201. The molecular weight excluding hydrogens is 1520 g/mol. The first-order chi connectivity index (χ1) is 55.5. The van der Waals surface area contributed by atoms with Gasteiger partial charge in [-0.05, 0) is 170 Å². The molecule has 11 atom stereocenters. The van der Waals surface area contributed by atoms with Crippen LogP contribution < -0.4 is 122 Å². The molecule has 652 valence electrons. The van der Waals surface area contributed by atoms with Crippen LogP contribution in [-0.4, -0.2) is 241 Å². The number of aromatic hydroxyl groups is 1. The Labute approximate surface area is 681 Å². The number of nitrogens with one attached hydrogen (secondary N) is 11. The van der Waals surface area contributed by atoms with Crippen LogP contribution in [0.25, 0.3) is 0 Å². The summed E-state index contributed by atoms with van der Waals surface area (Å²) in [5, 5.41) is 48.6. The third-order valence-corrected chi connectivity index (χ3v) is 18.5. The molecule has 1 heterocycles. The van der Waals surface area contributed by atoms with Crippen LogP contribution in [0.15, 0.2) is 74.6 Å². The molecule has 2 aromatic rings. The third kappa shape index (κ3) is 40.4. The summed E-state index contributed by atoms with van der Waals surface area (Å²) in [6.07, 6.45) is 1.80. The molecule has 0 radical (unpaired) electrons. The number of carbonyl (C=O) groups excluding carboxylic acids is 12. The molecule has 0 aromatic heterocycles. The van der Waals surface area contributed by atoms with Gasteiger partial charge >= 0.3 is 5.97 Å². The summed E-state index contributed by atoms with van der Waals surface area (Å²) >= 11 is 0. The van der Waals surface area contributed by atoms with Gasteiger partial charge < -0.3 is 137 Å². The van der Waals surface area contributed by atoms with Crippen LogP contribution in [0.3, 0.4) is 0 Å². The predicted molar refractivity (Wildman–Crippen MR) is 440 cm³/mol. The number of amides is 12. The van der Waals surface area contributed by atoms with Gasteiger partial charge in [0.1, 0.15) is 66.2 Å². The number of carboxylic acids is 1. The van der Waals surface area contributed by atoms with Crippen molar-refractivity contribution in [3.05, 3.63) is 65.7 Å². The number of unbranched alkanes of at least 4 members (excludes halogenated alkanes) is 2. The average molecular weight is 1650 g/mol. The van der Waals surface area contributed by atoms with Crippen molar-refractivity contribution in [1.82, 2.24) is 63.4 Å². The standard InChI is InChI=1S/C75H127N27O15/c1-43(2)37-55(101-68(113)57(40-45-17-6-5-7-18-45)93-60(105)42-91-59(104)41-92-61(106)48(78)39-46-26-28-47(103)29-27-46)66(111)96-51(22-13-33-88-73(81)82)63(108)94-50(21-12-32-87-72(79)80)62(107)95-52(23-14-34-89-74(83)84)64(109)98-53(24-15-35-90-75(85)86)70(115)102-36-16-25-58(102)69(114)97-49(19-8-10-30-76)65(110)100-56(38-44(3)4)67(112)99-54(71(116)117)20-9-11-31-77/h5-7,17-18,26-29,43-44,48-58,103H,8-16,19-25,30-42,76-78H2,1-4H3,(H,91,104)(H,92,106)(H,93,105)(H,94,108)(H,95,107)(H,96,111)(H,97,114)(H,98,109)(H,99,112)(H,100,110)(H,101,113)(H,116,117)(H4,79,80,87)(H4,81,82,88)(H4,83,84,89)(H4,85,86,90)/t48-,49-,50-,51-,52+,53-,54-,55-,56-,57-,58-/m0/s1. The van der Waals surface area contributed by atoms with E-state index in [1.807, 2.05) is 0 Å². The second-order valence-corrected chi connectivity index (χ2v) is 29.4. The minimum absolute atomic E-state index is 0.00444. The van der Waals surface area contributed by atoms with Gasteiger partial charge in [-0.15, -0.1) is 0 Å². The molecule has 1 fully saturated rings. The van der Waals surface area contributed by atoms with Gasteiger partial charge in [-0.1, -0.05) is 70.2 Å². The summed E-state index contributed by atoms with van der Waals surface area (Å²) in [7, 11) is 0. The lowest BCUT2D eigenvalue weighted by atomic mass is 10.00. The first-order valence-corrected chi connectivity index (χ1v) is 39.5. The molecule has 0 aliphatic carbocycles.